The fourth-order valence-corrected chi connectivity index (χ4v) is 0.558. The topological polar surface area (TPSA) is 55.0 Å². The molecule has 0 aliphatic carbocycles. The van der Waals surface area contributed by atoms with Gasteiger partial charge < -0.3 is 4.74 Å². The molecule has 0 radical (unpaired) electrons. The predicted molar refractivity (Wildman–Crippen MR) is 30.3 cm³/mol. The van der Waals surface area contributed by atoms with E-state index in [1.165, 1.54) is 0 Å². The van der Waals surface area contributed by atoms with Gasteiger partial charge in [0.15, 0.2) is 0 Å². The van der Waals surface area contributed by atoms with Crippen LogP contribution in [0.3, 0.4) is 0 Å². The van der Waals surface area contributed by atoms with Crippen LogP contribution < -0.4 is 4.74 Å². The lowest BCUT2D eigenvalue weighted by molar-refractivity contribution is -0.141. The lowest BCUT2D eigenvalue weighted by atomic mass is 10.4. The van der Waals surface area contributed by atoms with Crippen LogP contribution in [0.5, 0.6) is 5.88 Å². The Morgan fingerprint density at radius 3 is 2.67 bits per heavy atom. The van der Waals surface area contributed by atoms with E-state index in [0.29, 0.717) is 6.07 Å². The predicted octanol–water partition coefficient (Wildman–Crippen LogP) is 0.964. The molecular weight excluding hydrogens is 177 g/mol. The first-order valence-electron chi connectivity index (χ1n) is 2.77. The van der Waals surface area contributed by atoms with Crippen molar-refractivity contribution in [2.24, 2.45) is 0 Å². The van der Waals surface area contributed by atoms with E-state index in [1.54, 1.807) is 5.10 Å². The Morgan fingerprint density at radius 2 is 2.25 bits per heavy atom. The highest BCUT2D eigenvalue weighted by molar-refractivity contribution is 5.43. The van der Waals surface area contributed by atoms with E-state index < -0.39 is 17.8 Å². The van der Waals surface area contributed by atoms with Crippen LogP contribution in [0.2, 0.25) is 0 Å². The molecule has 0 aliphatic rings. The highest BCUT2D eigenvalue weighted by Crippen LogP contribution is 2.28. The molecule has 0 atom stereocenters. The fraction of sp³-hybridized carbons (Fsp3) is 0.200. The SMILES string of the molecule is O=COc1cc(C(F)(F)F)[nH]n1. The summed E-state index contributed by atoms with van der Waals surface area (Å²) in [5, 5.41) is 4.75. The van der Waals surface area contributed by atoms with Crippen LogP contribution in [0.15, 0.2) is 6.07 Å². The van der Waals surface area contributed by atoms with Gasteiger partial charge in [0, 0.05) is 6.07 Å². The molecule has 0 saturated carbocycles. The number of H-pyrrole nitrogens is 1. The molecule has 0 aromatic carbocycles. The third-order valence-corrected chi connectivity index (χ3v) is 1.03. The van der Waals surface area contributed by atoms with Gasteiger partial charge in [0.25, 0.3) is 6.47 Å². The molecule has 1 heterocycles. The second kappa shape index (κ2) is 2.84. The quantitative estimate of drug-likeness (QED) is 0.689. The second-order valence-electron chi connectivity index (χ2n) is 1.83. The van der Waals surface area contributed by atoms with Crippen LogP contribution in [0, 0.1) is 0 Å². The van der Waals surface area contributed by atoms with E-state index in [-0.39, 0.29) is 6.47 Å². The fourth-order valence-electron chi connectivity index (χ4n) is 0.558. The number of rotatable bonds is 2. The summed E-state index contributed by atoms with van der Waals surface area (Å²) < 4.78 is 39.5. The molecule has 1 aromatic rings. The van der Waals surface area contributed by atoms with Crippen LogP contribution in [0.25, 0.3) is 0 Å². The first-order chi connectivity index (χ1) is 5.54. The van der Waals surface area contributed by atoms with Crippen molar-refractivity contribution in [2.75, 3.05) is 0 Å². The Morgan fingerprint density at radius 1 is 1.58 bits per heavy atom. The minimum absolute atomic E-state index is 0.00364. The van der Waals surface area contributed by atoms with Crippen LogP contribution >= 0.6 is 0 Å². The Kier molecular flexibility index (Phi) is 2.03. The summed E-state index contributed by atoms with van der Waals surface area (Å²) in [4.78, 5) is 9.68. The highest BCUT2D eigenvalue weighted by atomic mass is 19.4. The number of nitrogens with one attached hydrogen (secondary N) is 1. The van der Waals surface area contributed by atoms with Gasteiger partial charge in [0.05, 0.1) is 0 Å². The van der Waals surface area contributed by atoms with Crippen LogP contribution in [0.4, 0.5) is 13.2 Å². The largest absolute Gasteiger partial charge is 0.432 e. The van der Waals surface area contributed by atoms with Crippen molar-refractivity contribution in [1.29, 1.82) is 0 Å². The molecule has 0 aliphatic heterocycles. The average molecular weight is 180 g/mol. The molecule has 0 bridgehead atoms. The third kappa shape index (κ3) is 1.74. The second-order valence-corrected chi connectivity index (χ2v) is 1.83. The standard InChI is InChI=1S/C5H3F3N2O2/c6-5(7,8)3-1-4(10-9-3)12-2-11/h1-2H,(H,9,10). The average Bonchev–Trinajstić information content (AvgIpc) is 2.35. The monoisotopic (exact) mass is 180 g/mol. The van der Waals surface area contributed by atoms with Crippen LogP contribution in [0.1, 0.15) is 5.69 Å². The molecule has 4 nitrogen and oxygen atoms in total. The molecule has 0 unspecified atom stereocenters. The summed E-state index contributed by atoms with van der Waals surface area (Å²) in [7, 11) is 0. The lowest BCUT2D eigenvalue weighted by Gasteiger charge is -1.99. The molecule has 1 aromatic heterocycles. The number of hydrogen-bond donors (Lipinski definition) is 1. The zero-order chi connectivity index (χ0) is 9.19. The number of hydrogen-bond acceptors (Lipinski definition) is 3. The van der Waals surface area contributed by atoms with Crippen molar-refractivity contribution < 1.29 is 22.7 Å². The number of carbonyl (C=O) groups excluding carboxylic acids is 1. The number of ether oxygens (including phenoxy) is 1. The summed E-state index contributed by atoms with van der Waals surface area (Å²) in [6.07, 6.45) is -4.50. The van der Waals surface area contributed by atoms with Gasteiger partial charge in [0.1, 0.15) is 5.69 Å². The third-order valence-electron chi connectivity index (χ3n) is 1.03. The van der Waals surface area contributed by atoms with E-state index in [2.05, 4.69) is 9.84 Å². The summed E-state index contributed by atoms with van der Waals surface area (Å²) in [5.74, 6) is -0.405. The zero-order valence-electron chi connectivity index (χ0n) is 5.55. The van der Waals surface area contributed by atoms with Crippen molar-refractivity contribution in [1.82, 2.24) is 10.2 Å². The van der Waals surface area contributed by atoms with Gasteiger partial charge in [0.2, 0.25) is 5.88 Å². The Balaban J connectivity index is 2.84. The molecule has 7 heteroatoms. The molecule has 1 N–H and O–H groups in total. The van der Waals surface area contributed by atoms with E-state index in [1.807, 2.05) is 0 Å². The zero-order valence-corrected chi connectivity index (χ0v) is 5.55. The van der Waals surface area contributed by atoms with Crippen molar-refractivity contribution >= 4 is 6.47 Å². The minimum atomic E-state index is -4.50. The van der Waals surface area contributed by atoms with Crippen molar-refractivity contribution in [3.05, 3.63) is 11.8 Å². The van der Waals surface area contributed by atoms with Gasteiger partial charge >= 0.3 is 6.18 Å². The molecule has 0 spiro atoms. The molecule has 66 valence electrons. The van der Waals surface area contributed by atoms with E-state index in [0.717, 1.165) is 0 Å². The van der Waals surface area contributed by atoms with Crippen molar-refractivity contribution in [3.63, 3.8) is 0 Å². The van der Waals surface area contributed by atoms with Gasteiger partial charge in [-0.1, -0.05) is 0 Å². The molecule has 0 fully saturated rings. The molecular formula is C5H3F3N2O2. The maximum absolute atomic E-state index is 11.8. The smallest absolute Gasteiger partial charge is 0.408 e. The van der Waals surface area contributed by atoms with Crippen molar-refractivity contribution in [3.8, 4) is 5.88 Å². The van der Waals surface area contributed by atoms with E-state index >= 15 is 0 Å². The number of carbonyl (C=O) groups is 1. The molecule has 0 saturated heterocycles. The molecule has 0 amide bonds. The summed E-state index contributed by atoms with van der Waals surface area (Å²) in [6.45, 7) is -0.00364. The molecule has 1 rings (SSSR count). The Labute approximate surface area is 64.3 Å². The summed E-state index contributed by atoms with van der Waals surface area (Å²) >= 11 is 0. The van der Waals surface area contributed by atoms with E-state index in [4.69, 9.17) is 0 Å². The maximum Gasteiger partial charge on any atom is 0.432 e. The Hall–Kier alpha value is -1.53. The summed E-state index contributed by atoms with van der Waals surface area (Å²) in [5.41, 5.74) is -1.06. The Bertz CT molecular complexity index is 280. The number of alkyl halides is 3. The maximum atomic E-state index is 11.8. The van der Waals surface area contributed by atoms with Crippen LogP contribution in [-0.4, -0.2) is 16.7 Å². The van der Waals surface area contributed by atoms with Gasteiger partial charge in [-0.2, -0.15) is 13.2 Å². The normalized spacial score (nSPS) is 11.2. The number of nitrogens with zero attached hydrogens (tertiary/aromatic N) is 1. The number of aromatic amines is 1. The first kappa shape index (κ1) is 8.57. The first-order valence-corrected chi connectivity index (χ1v) is 2.77. The minimum Gasteiger partial charge on any atom is -0.408 e. The van der Waals surface area contributed by atoms with Crippen LogP contribution in [-0.2, 0) is 11.0 Å². The number of halogens is 3. The lowest BCUT2D eigenvalue weighted by Crippen LogP contribution is -2.04. The summed E-state index contributed by atoms with van der Waals surface area (Å²) in [6, 6.07) is 0.592. The van der Waals surface area contributed by atoms with Gasteiger partial charge in [-0.25, -0.2) is 0 Å². The van der Waals surface area contributed by atoms with Gasteiger partial charge in [-0.15, -0.1) is 5.10 Å². The highest BCUT2D eigenvalue weighted by Gasteiger charge is 2.33. The molecule has 12 heavy (non-hydrogen) atoms. The van der Waals surface area contributed by atoms with E-state index in [9.17, 15) is 18.0 Å². The number of aromatic nitrogens is 2. The van der Waals surface area contributed by atoms with Crippen molar-refractivity contribution in [2.45, 2.75) is 6.18 Å². The van der Waals surface area contributed by atoms with Gasteiger partial charge in [-0.05, 0) is 0 Å². The van der Waals surface area contributed by atoms with Gasteiger partial charge in [-0.3, -0.25) is 9.89 Å².